The molecule has 0 spiro atoms. The van der Waals surface area contributed by atoms with Gasteiger partial charge < -0.3 is 5.73 Å². The van der Waals surface area contributed by atoms with Crippen molar-refractivity contribution in [1.82, 2.24) is 9.27 Å². The zero-order valence-electron chi connectivity index (χ0n) is 8.89. The lowest BCUT2D eigenvalue weighted by Gasteiger charge is -2.13. The van der Waals surface area contributed by atoms with Gasteiger partial charge in [0.05, 0.1) is 0 Å². The molecule has 0 amide bonds. The zero-order valence-corrected chi connectivity index (χ0v) is 9.70. The molecule has 4 heteroatoms. The molecule has 1 aromatic heterocycles. The number of nitrogen functional groups attached to an aromatic ring is 1. The molecule has 0 radical (unpaired) electrons. The molecule has 0 unspecified atom stereocenters. The van der Waals surface area contributed by atoms with Crippen molar-refractivity contribution in [3.63, 3.8) is 0 Å². The minimum Gasteiger partial charge on any atom is -0.389 e. The Morgan fingerprint density at radius 3 is 2.50 bits per heavy atom. The third kappa shape index (κ3) is 1.70. The number of benzene rings is 1. The topological polar surface area (TPSA) is 42.1 Å². The van der Waals surface area contributed by atoms with Crippen LogP contribution in [0.15, 0.2) is 30.5 Å². The van der Waals surface area contributed by atoms with E-state index in [9.17, 15) is 0 Å². The highest BCUT2D eigenvalue weighted by Gasteiger charge is 2.19. The molecule has 0 atom stereocenters. The van der Waals surface area contributed by atoms with Gasteiger partial charge in [0.2, 0.25) is 0 Å². The third-order valence-corrected chi connectivity index (χ3v) is 3.65. The van der Waals surface area contributed by atoms with E-state index in [2.05, 4.69) is 33.5 Å². The summed E-state index contributed by atoms with van der Waals surface area (Å²) in [5.74, 6) is 0. The molecule has 0 bridgehead atoms. The first-order valence-electron chi connectivity index (χ1n) is 5.31. The average molecular weight is 231 g/mol. The summed E-state index contributed by atoms with van der Waals surface area (Å²) < 4.78 is 4.10. The Morgan fingerprint density at radius 2 is 1.94 bits per heavy atom. The molecule has 2 N–H and O–H groups in total. The van der Waals surface area contributed by atoms with Crippen molar-refractivity contribution in [3.8, 4) is 0 Å². The lowest BCUT2D eigenvalue weighted by atomic mass is 10.1. The van der Waals surface area contributed by atoms with Gasteiger partial charge in [0.1, 0.15) is 5.00 Å². The van der Waals surface area contributed by atoms with Crippen LogP contribution in [0.1, 0.15) is 16.7 Å². The van der Waals surface area contributed by atoms with E-state index in [1.165, 1.54) is 22.7 Å². The lowest BCUT2D eigenvalue weighted by Crippen LogP contribution is -2.15. The van der Waals surface area contributed by atoms with Gasteiger partial charge in [0.25, 0.3) is 0 Å². The molecule has 0 saturated heterocycles. The van der Waals surface area contributed by atoms with Crippen molar-refractivity contribution in [3.05, 3.63) is 47.2 Å². The molecule has 82 valence electrons. The maximum atomic E-state index is 5.85. The summed E-state index contributed by atoms with van der Waals surface area (Å²) in [5.41, 5.74) is 9.87. The molecular formula is C12H13N3S. The van der Waals surface area contributed by atoms with Crippen LogP contribution < -0.4 is 5.73 Å². The summed E-state index contributed by atoms with van der Waals surface area (Å²) in [6, 6.07) is 8.60. The normalized spacial score (nSPS) is 15.2. The molecule has 0 fully saturated rings. The van der Waals surface area contributed by atoms with Crippen LogP contribution in [-0.4, -0.2) is 9.27 Å². The number of hydrogen-bond donors (Lipinski definition) is 1. The molecule has 1 aliphatic heterocycles. The van der Waals surface area contributed by atoms with Crippen LogP contribution in [0.2, 0.25) is 0 Å². The van der Waals surface area contributed by atoms with Crippen LogP contribution in [0, 0.1) is 0 Å². The number of hydrogen-bond acceptors (Lipinski definition) is 4. The van der Waals surface area contributed by atoms with Crippen LogP contribution in [0.4, 0.5) is 5.00 Å². The van der Waals surface area contributed by atoms with E-state index in [0.29, 0.717) is 0 Å². The molecule has 16 heavy (non-hydrogen) atoms. The van der Waals surface area contributed by atoms with Gasteiger partial charge in [-0.2, -0.15) is 4.37 Å². The van der Waals surface area contributed by atoms with E-state index < -0.39 is 0 Å². The molecule has 2 heterocycles. The minimum atomic E-state index is 0.843. The fraction of sp³-hybridized carbons (Fsp3) is 0.250. The highest BCUT2D eigenvalue weighted by molar-refractivity contribution is 7.10. The molecule has 1 aromatic carbocycles. The summed E-state index contributed by atoms with van der Waals surface area (Å²) >= 11 is 1.37. The van der Waals surface area contributed by atoms with Crippen LogP contribution in [0.25, 0.3) is 0 Å². The second kappa shape index (κ2) is 3.88. The first-order valence-corrected chi connectivity index (χ1v) is 6.08. The van der Waals surface area contributed by atoms with Gasteiger partial charge in [-0.3, -0.25) is 4.90 Å². The maximum Gasteiger partial charge on any atom is 0.111 e. The van der Waals surface area contributed by atoms with Crippen LogP contribution in [0.5, 0.6) is 0 Å². The predicted molar refractivity (Wildman–Crippen MR) is 65.9 cm³/mol. The van der Waals surface area contributed by atoms with E-state index in [-0.39, 0.29) is 0 Å². The predicted octanol–water partition coefficient (Wildman–Crippen LogP) is 2.24. The summed E-state index contributed by atoms with van der Waals surface area (Å²) in [7, 11) is 0. The Balaban J connectivity index is 1.75. The van der Waals surface area contributed by atoms with Crippen LogP contribution >= 0.6 is 11.5 Å². The second-order valence-corrected chi connectivity index (χ2v) is 4.96. The Bertz CT molecular complexity index is 481. The number of nitrogens with two attached hydrogens (primary N) is 1. The third-order valence-electron chi connectivity index (χ3n) is 2.98. The summed E-state index contributed by atoms with van der Waals surface area (Å²) in [5, 5.41) is 0.843. The van der Waals surface area contributed by atoms with Crippen molar-refractivity contribution in [2.75, 3.05) is 5.73 Å². The molecular weight excluding hydrogens is 218 g/mol. The SMILES string of the molecule is Nc1sncc1CN1Cc2ccccc2C1. The number of aromatic nitrogens is 1. The van der Waals surface area contributed by atoms with Crippen molar-refractivity contribution in [2.24, 2.45) is 0 Å². The number of anilines is 1. The van der Waals surface area contributed by atoms with E-state index in [1.807, 2.05) is 6.20 Å². The van der Waals surface area contributed by atoms with E-state index in [1.54, 1.807) is 0 Å². The van der Waals surface area contributed by atoms with Crippen LogP contribution in [-0.2, 0) is 19.6 Å². The Labute approximate surface area is 98.7 Å². The van der Waals surface area contributed by atoms with Crippen molar-refractivity contribution in [1.29, 1.82) is 0 Å². The Kier molecular flexibility index (Phi) is 2.38. The second-order valence-electron chi connectivity index (χ2n) is 4.13. The fourth-order valence-corrected chi connectivity index (χ4v) is 2.67. The van der Waals surface area contributed by atoms with Crippen LogP contribution in [0.3, 0.4) is 0 Å². The summed E-state index contributed by atoms with van der Waals surface area (Å²) in [6.45, 7) is 2.94. The van der Waals surface area contributed by atoms with Gasteiger partial charge in [-0.1, -0.05) is 24.3 Å². The standard InChI is InChI=1S/C12H13N3S/c13-12-11(5-14-16-12)8-15-6-9-3-1-2-4-10(9)7-15/h1-5H,6-8,13H2. The summed E-state index contributed by atoms with van der Waals surface area (Å²) in [4.78, 5) is 2.39. The van der Waals surface area contributed by atoms with Gasteiger partial charge in [0.15, 0.2) is 0 Å². The number of rotatable bonds is 2. The highest BCUT2D eigenvalue weighted by atomic mass is 32.1. The lowest BCUT2D eigenvalue weighted by molar-refractivity contribution is 0.276. The molecule has 3 rings (SSSR count). The van der Waals surface area contributed by atoms with Gasteiger partial charge in [0, 0.05) is 31.4 Å². The van der Waals surface area contributed by atoms with Gasteiger partial charge in [-0.25, -0.2) is 0 Å². The molecule has 1 aliphatic rings. The molecule has 2 aromatic rings. The highest BCUT2D eigenvalue weighted by Crippen LogP contribution is 2.26. The number of nitrogens with zero attached hydrogens (tertiary/aromatic N) is 2. The largest absolute Gasteiger partial charge is 0.389 e. The smallest absolute Gasteiger partial charge is 0.111 e. The van der Waals surface area contributed by atoms with Crippen molar-refractivity contribution < 1.29 is 0 Å². The monoisotopic (exact) mass is 231 g/mol. The first-order chi connectivity index (χ1) is 7.83. The zero-order chi connectivity index (χ0) is 11.0. The minimum absolute atomic E-state index is 0.843. The molecule has 0 aliphatic carbocycles. The van der Waals surface area contributed by atoms with E-state index in [4.69, 9.17) is 5.73 Å². The van der Waals surface area contributed by atoms with Gasteiger partial charge in [-0.15, -0.1) is 0 Å². The molecule has 3 nitrogen and oxygen atoms in total. The first kappa shape index (κ1) is 9.81. The van der Waals surface area contributed by atoms with Crippen molar-refractivity contribution >= 4 is 16.5 Å². The quantitative estimate of drug-likeness (QED) is 0.862. The van der Waals surface area contributed by atoms with Gasteiger partial charge >= 0.3 is 0 Å². The van der Waals surface area contributed by atoms with Crippen molar-refractivity contribution in [2.45, 2.75) is 19.6 Å². The number of fused-ring (bicyclic) bond motifs is 1. The average Bonchev–Trinajstić information content (AvgIpc) is 2.85. The maximum absolute atomic E-state index is 5.85. The Hall–Kier alpha value is -1.39. The Morgan fingerprint density at radius 1 is 1.25 bits per heavy atom. The van der Waals surface area contributed by atoms with E-state index in [0.717, 1.165) is 30.2 Å². The fourth-order valence-electron chi connectivity index (χ4n) is 2.14. The van der Waals surface area contributed by atoms with E-state index >= 15 is 0 Å². The summed E-state index contributed by atoms with van der Waals surface area (Å²) in [6.07, 6.45) is 1.88. The van der Waals surface area contributed by atoms with Gasteiger partial charge in [-0.05, 0) is 22.7 Å². The molecule has 0 saturated carbocycles.